The first-order chi connectivity index (χ1) is 19.1. The monoisotopic (exact) mass is 562 g/mol. The van der Waals surface area contributed by atoms with E-state index >= 15 is 0 Å². The van der Waals surface area contributed by atoms with Gasteiger partial charge in [-0.15, -0.1) is 11.3 Å². The van der Waals surface area contributed by atoms with Crippen LogP contribution in [0.25, 0.3) is 15.8 Å². The summed E-state index contributed by atoms with van der Waals surface area (Å²) in [5.41, 5.74) is 4.99. The third kappa shape index (κ3) is 5.17. The normalized spacial score (nSPS) is 12.8. The SMILES string of the molecule is Cc1ccc(NC(SCC(=O)N2c3ccccc3Sc3ccccc32)=C(C#N)c2nc3ccccc3s2)cc1. The van der Waals surface area contributed by atoms with Crippen molar-refractivity contribution < 1.29 is 4.79 Å². The van der Waals surface area contributed by atoms with Gasteiger partial charge < -0.3 is 5.32 Å². The number of carbonyl (C=O) groups excluding carboxylic acids is 1. The Balaban J connectivity index is 1.36. The van der Waals surface area contributed by atoms with Crippen molar-refractivity contribution in [2.45, 2.75) is 16.7 Å². The minimum Gasteiger partial charge on any atom is -0.349 e. The Labute approximate surface area is 239 Å². The van der Waals surface area contributed by atoms with Crippen LogP contribution in [0.3, 0.4) is 0 Å². The summed E-state index contributed by atoms with van der Waals surface area (Å²) < 4.78 is 1.01. The average Bonchev–Trinajstić information content (AvgIpc) is 3.39. The van der Waals surface area contributed by atoms with Gasteiger partial charge >= 0.3 is 0 Å². The van der Waals surface area contributed by atoms with Crippen LogP contribution in [0.15, 0.2) is 112 Å². The van der Waals surface area contributed by atoms with Gasteiger partial charge in [0.1, 0.15) is 16.6 Å². The highest BCUT2D eigenvalue weighted by atomic mass is 32.2. The number of para-hydroxylation sites is 3. The van der Waals surface area contributed by atoms with Crippen molar-refractivity contribution in [1.82, 2.24) is 4.98 Å². The standard InChI is InChI=1S/C31H22N4OS3/c1-20-14-16-21(17-15-20)33-30(22(18-32)31-34-23-8-2-5-11-26(23)39-31)37-19-29(36)35-24-9-3-6-12-27(24)38-28-13-7-4-10-25(28)35/h2-17,33H,19H2,1H3. The molecule has 0 radical (unpaired) electrons. The van der Waals surface area contributed by atoms with Crippen molar-refractivity contribution in [2.24, 2.45) is 0 Å². The van der Waals surface area contributed by atoms with E-state index in [1.54, 1.807) is 16.7 Å². The van der Waals surface area contributed by atoms with Crippen LogP contribution in [0.2, 0.25) is 0 Å². The highest BCUT2D eigenvalue weighted by molar-refractivity contribution is 8.04. The van der Waals surface area contributed by atoms with E-state index in [1.807, 2.05) is 104 Å². The minimum absolute atomic E-state index is 0.0648. The average molecular weight is 563 g/mol. The molecule has 1 aliphatic rings. The van der Waals surface area contributed by atoms with Crippen molar-refractivity contribution in [3.8, 4) is 6.07 Å². The Morgan fingerprint density at radius 1 is 0.923 bits per heavy atom. The zero-order valence-electron chi connectivity index (χ0n) is 20.9. The van der Waals surface area contributed by atoms with E-state index in [0.29, 0.717) is 15.6 Å². The van der Waals surface area contributed by atoms with E-state index in [0.717, 1.165) is 42.6 Å². The third-order valence-electron chi connectivity index (χ3n) is 6.18. The predicted octanol–water partition coefficient (Wildman–Crippen LogP) is 8.47. The zero-order valence-corrected chi connectivity index (χ0v) is 23.4. The number of allylic oxidation sites excluding steroid dienone is 1. The van der Waals surface area contributed by atoms with E-state index in [2.05, 4.69) is 11.4 Å². The number of aromatic nitrogens is 1. The molecule has 0 saturated carbocycles. The lowest BCUT2D eigenvalue weighted by Gasteiger charge is -2.31. The van der Waals surface area contributed by atoms with Crippen LogP contribution in [0, 0.1) is 18.3 Å². The van der Waals surface area contributed by atoms with Crippen molar-refractivity contribution in [3.63, 3.8) is 0 Å². The Morgan fingerprint density at radius 2 is 1.56 bits per heavy atom. The highest BCUT2D eigenvalue weighted by Crippen LogP contribution is 2.48. The maximum absolute atomic E-state index is 13.9. The van der Waals surface area contributed by atoms with Gasteiger partial charge in [-0.25, -0.2) is 4.98 Å². The highest BCUT2D eigenvalue weighted by Gasteiger charge is 2.28. The van der Waals surface area contributed by atoms with Gasteiger partial charge in [0, 0.05) is 15.5 Å². The van der Waals surface area contributed by atoms with Crippen molar-refractivity contribution in [3.05, 3.63) is 113 Å². The summed E-state index contributed by atoms with van der Waals surface area (Å²) in [4.78, 5) is 22.5. The Kier molecular flexibility index (Phi) is 7.12. The van der Waals surface area contributed by atoms with Crippen LogP contribution in [0.5, 0.6) is 0 Å². The van der Waals surface area contributed by atoms with Crippen LogP contribution in [-0.4, -0.2) is 16.6 Å². The second kappa shape index (κ2) is 11.0. The molecule has 1 aliphatic heterocycles. The fourth-order valence-corrected chi connectivity index (χ4v) is 7.25. The van der Waals surface area contributed by atoms with Crippen LogP contribution in [0.1, 0.15) is 10.6 Å². The summed E-state index contributed by atoms with van der Waals surface area (Å²) in [6, 6.07) is 34.1. The summed E-state index contributed by atoms with van der Waals surface area (Å²) in [7, 11) is 0. The molecule has 8 heteroatoms. The van der Waals surface area contributed by atoms with E-state index in [9.17, 15) is 10.1 Å². The lowest BCUT2D eigenvalue weighted by atomic mass is 10.2. The molecule has 5 nitrogen and oxygen atoms in total. The lowest BCUT2D eigenvalue weighted by molar-refractivity contribution is -0.115. The predicted molar refractivity (Wildman–Crippen MR) is 164 cm³/mol. The number of anilines is 3. The first kappa shape index (κ1) is 25.3. The van der Waals surface area contributed by atoms with Crippen molar-refractivity contribution in [1.29, 1.82) is 5.26 Å². The van der Waals surface area contributed by atoms with Crippen LogP contribution in [-0.2, 0) is 4.79 Å². The molecule has 1 amide bonds. The topological polar surface area (TPSA) is 69.0 Å². The molecule has 190 valence electrons. The number of aryl methyl sites for hydroxylation is 1. The number of hydrogen-bond acceptors (Lipinski definition) is 7. The molecule has 0 bridgehead atoms. The van der Waals surface area contributed by atoms with E-state index in [-0.39, 0.29) is 11.7 Å². The Bertz CT molecular complexity index is 1690. The number of thioether (sulfide) groups is 1. The molecule has 2 heterocycles. The van der Waals surface area contributed by atoms with Crippen molar-refractivity contribution >= 4 is 73.6 Å². The zero-order chi connectivity index (χ0) is 26.8. The molecule has 1 N–H and O–H groups in total. The van der Waals surface area contributed by atoms with Crippen molar-refractivity contribution in [2.75, 3.05) is 16.0 Å². The molecule has 5 aromatic rings. The van der Waals surface area contributed by atoms with Crippen LogP contribution < -0.4 is 10.2 Å². The second-order valence-corrected chi connectivity index (χ2v) is 11.9. The van der Waals surface area contributed by atoms with Gasteiger partial charge in [0.2, 0.25) is 5.91 Å². The quantitative estimate of drug-likeness (QED) is 0.209. The first-order valence-corrected chi connectivity index (χ1v) is 14.9. The molecular weight excluding hydrogens is 541 g/mol. The summed E-state index contributed by atoms with van der Waals surface area (Å²) in [5, 5.41) is 14.9. The third-order valence-corrected chi connectivity index (χ3v) is 9.35. The number of thiazole rings is 1. The smallest absolute Gasteiger partial charge is 0.242 e. The minimum atomic E-state index is -0.0648. The number of nitrogens with one attached hydrogen (secondary N) is 1. The fourth-order valence-electron chi connectivity index (χ4n) is 4.29. The maximum atomic E-state index is 13.9. The van der Waals surface area contributed by atoms with Gasteiger partial charge in [-0.2, -0.15) is 5.26 Å². The van der Waals surface area contributed by atoms with Gasteiger partial charge in [-0.05, 0) is 55.5 Å². The van der Waals surface area contributed by atoms with Crippen LogP contribution in [0.4, 0.5) is 17.1 Å². The van der Waals surface area contributed by atoms with Gasteiger partial charge in [0.05, 0.1) is 32.4 Å². The van der Waals surface area contributed by atoms with Gasteiger partial charge in [-0.3, -0.25) is 9.69 Å². The Hall–Kier alpha value is -4.03. The van der Waals surface area contributed by atoms with Crippen LogP contribution >= 0.6 is 34.9 Å². The molecule has 0 aliphatic carbocycles. The molecule has 0 unspecified atom stereocenters. The molecule has 1 aromatic heterocycles. The number of benzene rings is 4. The molecule has 0 fully saturated rings. The molecule has 0 saturated heterocycles. The largest absolute Gasteiger partial charge is 0.349 e. The summed E-state index contributed by atoms with van der Waals surface area (Å²) in [6.45, 7) is 2.03. The van der Waals surface area contributed by atoms with Gasteiger partial charge in [0.25, 0.3) is 0 Å². The van der Waals surface area contributed by atoms with E-state index in [4.69, 9.17) is 4.98 Å². The number of fused-ring (bicyclic) bond motifs is 3. The lowest BCUT2D eigenvalue weighted by Crippen LogP contribution is -2.30. The number of hydrogen-bond donors (Lipinski definition) is 1. The summed E-state index contributed by atoms with van der Waals surface area (Å²) in [5.74, 6) is 0.0717. The number of nitriles is 1. The Morgan fingerprint density at radius 3 is 2.23 bits per heavy atom. The summed E-state index contributed by atoms with van der Waals surface area (Å²) in [6.07, 6.45) is 0. The number of rotatable bonds is 6. The molecule has 4 aromatic carbocycles. The number of carbonyl (C=O) groups is 1. The molecule has 0 atom stereocenters. The maximum Gasteiger partial charge on any atom is 0.242 e. The van der Waals surface area contributed by atoms with Gasteiger partial charge in [-0.1, -0.05) is 77.6 Å². The van der Waals surface area contributed by atoms with Gasteiger partial charge in [0.15, 0.2) is 0 Å². The first-order valence-electron chi connectivity index (χ1n) is 12.3. The molecule has 39 heavy (non-hydrogen) atoms. The number of amides is 1. The molecular formula is C31H22N4OS3. The number of nitrogens with zero attached hydrogens (tertiary/aromatic N) is 3. The molecule has 6 rings (SSSR count). The fraction of sp³-hybridized carbons (Fsp3) is 0.0645. The summed E-state index contributed by atoms with van der Waals surface area (Å²) >= 11 is 4.46. The van der Waals surface area contributed by atoms with E-state index in [1.165, 1.54) is 23.1 Å². The van der Waals surface area contributed by atoms with E-state index < -0.39 is 0 Å². The second-order valence-electron chi connectivity index (χ2n) is 8.85. The molecule has 0 spiro atoms.